The molecule has 0 aliphatic rings. The normalized spacial score (nSPS) is 9.39. The number of halogens is 1. The number of nitrogens with one attached hydrogen (secondary N) is 1. The van der Waals surface area contributed by atoms with Gasteiger partial charge in [0.2, 0.25) is 5.91 Å². The quantitative estimate of drug-likeness (QED) is 0.877. The van der Waals surface area contributed by atoms with Gasteiger partial charge in [-0.25, -0.2) is 4.98 Å². The van der Waals surface area contributed by atoms with E-state index in [4.69, 9.17) is 16.9 Å². The van der Waals surface area contributed by atoms with Gasteiger partial charge in [0, 0.05) is 17.6 Å². The fraction of sp³-hybridized carbons (Fsp3) is 0.167. The summed E-state index contributed by atoms with van der Waals surface area (Å²) in [5.74, 6) is 5.94. The molecule has 1 amide bonds. The van der Waals surface area contributed by atoms with E-state index >= 15 is 0 Å². The van der Waals surface area contributed by atoms with Crippen LogP contribution in [0.3, 0.4) is 0 Å². The first-order valence-corrected chi connectivity index (χ1v) is 7.37. The van der Waals surface area contributed by atoms with E-state index in [1.54, 1.807) is 18.3 Å². The molecule has 0 aliphatic heterocycles. The Kier molecular flexibility index (Phi) is 6.17. The molecule has 23 heavy (non-hydrogen) atoms. The van der Waals surface area contributed by atoms with Crippen LogP contribution in [0.15, 0.2) is 42.6 Å². The van der Waals surface area contributed by atoms with Crippen LogP contribution in [0.5, 0.6) is 0 Å². The predicted molar refractivity (Wildman–Crippen MR) is 89.7 cm³/mol. The zero-order valence-corrected chi connectivity index (χ0v) is 13.1. The minimum atomic E-state index is -0.174. The van der Waals surface area contributed by atoms with Crippen LogP contribution in [-0.4, -0.2) is 10.9 Å². The molecule has 2 rings (SSSR count). The Bertz CT molecular complexity index is 782. The third kappa shape index (κ3) is 5.47. The monoisotopic (exact) mass is 323 g/mol. The minimum Gasteiger partial charge on any atom is -0.310 e. The van der Waals surface area contributed by atoms with Gasteiger partial charge in [0.05, 0.1) is 18.9 Å². The van der Waals surface area contributed by atoms with Gasteiger partial charge in [0.15, 0.2) is 0 Å². The molecule has 2 aromatic rings. The fourth-order valence-electron chi connectivity index (χ4n) is 1.87. The van der Waals surface area contributed by atoms with Crippen LogP contribution in [-0.2, 0) is 17.6 Å². The van der Waals surface area contributed by atoms with Crippen LogP contribution >= 0.6 is 11.6 Å². The number of amides is 1. The second kappa shape index (κ2) is 8.58. The van der Waals surface area contributed by atoms with Crippen LogP contribution in [0.4, 0.5) is 5.82 Å². The number of rotatable bonds is 4. The first-order valence-electron chi connectivity index (χ1n) is 7.00. The summed E-state index contributed by atoms with van der Waals surface area (Å²) in [6.07, 6.45) is 2.61. The Balaban J connectivity index is 1.91. The topological polar surface area (TPSA) is 65.8 Å². The summed E-state index contributed by atoms with van der Waals surface area (Å²) in [5.41, 5.74) is 1.70. The largest absolute Gasteiger partial charge is 0.310 e. The van der Waals surface area contributed by atoms with Gasteiger partial charge in [-0.05, 0) is 23.3 Å². The molecule has 0 unspecified atom stereocenters. The van der Waals surface area contributed by atoms with Gasteiger partial charge in [0.25, 0.3) is 0 Å². The SMILES string of the molecule is N#CCC#CCc1ccc(NC(=O)Cc2ccccc2Cl)nc1. The number of nitrogens with zero attached hydrogens (tertiary/aromatic N) is 2. The van der Waals surface area contributed by atoms with Crippen LogP contribution in [0, 0.1) is 23.2 Å². The second-order valence-electron chi connectivity index (χ2n) is 4.73. The maximum absolute atomic E-state index is 12.0. The lowest BCUT2D eigenvalue weighted by Gasteiger charge is -2.06. The highest BCUT2D eigenvalue weighted by molar-refractivity contribution is 6.31. The lowest BCUT2D eigenvalue weighted by atomic mass is 10.1. The molecule has 1 aromatic carbocycles. The Morgan fingerprint density at radius 2 is 2.04 bits per heavy atom. The number of hydrogen-bond donors (Lipinski definition) is 1. The standard InChI is InChI=1S/C18H14ClN3O/c19-16-8-4-3-7-15(16)12-18(23)22-17-10-9-14(13-21-17)6-2-1-5-11-20/h3-4,7-10,13H,5-6,12H2,(H,21,22,23). The van der Waals surface area contributed by atoms with E-state index in [2.05, 4.69) is 22.1 Å². The highest BCUT2D eigenvalue weighted by Crippen LogP contribution is 2.16. The van der Waals surface area contributed by atoms with Crippen LogP contribution in [0.1, 0.15) is 17.5 Å². The highest BCUT2D eigenvalue weighted by atomic mass is 35.5. The summed E-state index contributed by atoms with van der Waals surface area (Å²) in [6.45, 7) is 0. The Hall–Kier alpha value is -2.82. The molecule has 0 atom stereocenters. The van der Waals surface area contributed by atoms with Crippen LogP contribution < -0.4 is 5.32 Å². The summed E-state index contributed by atoms with van der Waals surface area (Å²) < 4.78 is 0. The lowest BCUT2D eigenvalue weighted by molar-refractivity contribution is -0.115. The summed E-state index contributed by atoms with van der Waals surface area (Å²) in [7, 11) is 0. The number of nitriles is 1. The van der Waals surface area contributed by atoms with Crippen LogP contribution in [0.25, 0.3) is 0 Å². The van der Waals surface area contributed by atoms with E-state index in [-0.39, 0.29) is 18.7 Å². The van der Waals surface area contributed by atoms with Crippen molar-refractivity contribution in [3.63, 3.8) is 0 Å². The molecule has 1 N–H and O–H groups in total. The van der Waals surface area contributed by atoms with E-state index in [0.717, 1.165) is 11.1 Å². The molecule has 114 valence electrons. The number of anilines is 1. The van der Waals surface area contributed by atoms with Crippen molar-refractivity contribution < 1.29 is 4.79 Å². The molecular formula is C18H14ClN3O. The van der Waals surface area contributed by atoms with Crippen molar-refractivity contribution in [1.29, 1.82) is 5.26 Å². The third-order valence-corrected chi connectivity index (χ3v) is 3.35. The molecule has 0 bridgehead atoms. The first-order chi connectivity index (χ1) is 11.2. The molecule has 0 aliphatic carbocycles. The average molecular weight is 324 g/mol. The third-order valence-electron chi connectivity index (χ3n) is 2.99. The number of pyridine rings is 1. The molecule has 4 nitrogen and oxygen atoms in total. The van der Waals surface area contributed by atoms with E-state index in [1.807, 2.05) is 30.3 Å². The van der Waals surface area contributed by atoms with Gasteiger partial charge >= 0.3 is 0 Å². The molecule has 0 fully saturated rings. The molecule has 0 saturated heterocycles. The molecule has 1 heterocycles. The molecule has 0 radical (unpaired) electrons. The maximum Gasteiger partial charge on any atom is 0.230 e. The Morgan fingerprint density at radius 3 is 2.74 bits per heavy atom. The molecule has 0 spiro atoms. The zero-order valence-electron chi connectivity index (χ0n) is 12.3. The van der Waals surface area contributed by atoms with Gasteiger partial charge in [0.1, 0.15) is 5.82 Å². The Labute approximate surface area is 140 Å². The summed E-state index contributed by atoms with van der Waals surface area (Å²) >= 11 is 6.03. The van der Waals surface area contributed by atoms with E-state index in [9.17, 15) is 4.79 Å². The number of carbonyl (C=O) groups excluding carboxylic acids is 1. The van der Waals surface area contributed by atoms with E-state index < -0.39 is 0 Å². The molecular weight excluding hydrogens is 310 g/mol. The zero-order chi connectivity index (χ0) is 16.5. The number of carbonyl (C=O) groups is 1. The summed E-state index contributed by atoms with van der Waals surface area (Å²) in [4.78, 5) is 16.2. The molecule has 1 aromatic heterocycles. The smallest absolute Gasteiger partial charge is 0.230 e. The van der Waals surface area contributed by atoms with Crippen molar-refractivity contribution >= 4 is 23.3 Å². The van der Waals surface area contributed by atoms with Gasteiger partial charge < -0.3 is 5.32 Å². The first kappa shape index (κ1) is 16.5. The average Bonchev–Trinajstić information content (AvgIpc) is 2.55. The van der Waals surface area contributed by atoms with Gasteiger partial charge in [-0.1, -0.05) is 47.7 Å². The number of benzene rings is 1. The Morgan fingerprint density at radius 1 is 1.22 bits per heavy atom. The van der Waals surface area contributed by atoms with Crippen molar-refractivity contribution in [3.8, 4) is 17.9 Å². The summed E-state index contributed by atoms with van der Waals surface area (Å²) in [6, 6.07) is 12.8. The highest BCUT2D eigenvalue weighted by Gasteiger charge is 2.07. The van der Waals surface area contributed by atoms with E-state index in [1.165, 1.54) is 0 Å². The lowest BCUT2D eigenvalue weighted by Crippen LogP contribution is -2.15. The minimum absolute atomic E-state index is 0.174. The van der Waals surface area contributed by atoms with Gasteiger partial charge in [-0.15, -0.1) is 0 Å². The predicted octanol–water partition coefficient (Wildman–Crippen LogP) is 3.38. The van der Waals surface area contributed by atoms with Crippen molar-refractivity contribution in [2.45, 2.75) is 19.3 Å². The maximum atomic E-state index is 12.0. The van der Waals surface area contributed by atoms with Crippen molar-refractivity contribution in [3.05, 3.63) is 58.7 Å². The fourth-order valence-corrected chi connectivity index (χ4v) is 2.07. The van der Waals surface area contributed by atoms with Gasteiger partial charge in [-0.3, -0.25) is 4.79 Å². The molecule has 0 saturated carbocycles. The van der Waals surface area contributed by atoms with Crippen molar-refractivity contribution in [2.24, 2.45) is 0 Å². The van der Waals surface area contributed by atoms with E-state index in [0.29, 0.717) is 17.3 Å². The van der Waals surface area contributed by atoms with Crippen LogP contribution in [0.2, 0.25) is 5.02 Å². The number of hydrogen-bond acceptors (Lipinski definition) is 3. The van der Waals surface area contributed by atoms with Gasteiger partial charge in [-0.2, -0.15) is 5.26 Å². The number of aromatic nitrogens is 1. The second-order valence-corrected chi connectivity index (χ2v) is 5.14. The summed E-state index contributed by atoms with van der Waals surface area (Å²) in [5, 5.41) is 11.7. The van der Waals surface area contributed by atoms with Crippen molar-refractivity contribution in [2.75, 3.05) is 5.32 Å². The van der Waals surface area contributed by atoms with Crippen molar-refractivity contribution in [1.82, 2.24) is 4.98 Å². The molecule has 5 heteroatoms.